The van der Waals surface area contributed by atoms with Crippen LogP contribution >= 0.6 is 0 Å². The zero-order valence-electron chi connectivity index (χ0n) is 15.9. The number of nitrogens with one attached hydrogen (secondary N) is 1. The van der Waals surface area contributed by atoms with Crippen molar-refractivity contribution in [1.29, 1.82) is 0 Å². The Bertz CT molecular complexity index is 1110. The van der Waals surface area contributed by atoms with Crippen LogP contribution in [0.4, 0.5) is 0 Å². The number of aromatic nitrogens is 1. The third-order valence-electron chi connectivity index (χ3n) is 5.06. The predicted molar refractivity (Wildman–Crippen MR) is 111 cm³/mol. The van der Waals surface area contributed by atoms with E-state index in [1.807, 2.05) is 42.5 Å². The van der Waals surface area contributed by atoms with Crippen LogP contribution in [0.5, 0.6) is 0 Å². The Balaban J connectivity index is 1.63. The molecule has 146 valence electrons. The van der Waals surface area contributed by atoms with Gasteiger partial charge in [-0.2, -0.15) is 0 Å². The number of hydrogen-bond acceptors (Lipinski definition) is 4. The van der Waals surface area contributed by atoms with E-state index in [-0.39, 0.29) is 37.1 Å². The molecule has 3 aromatic rings. The summed E-state index contributed by atoms with van der Waals surface area (Å²) in [7, 11) is 0. The van der Waals surface area contributed by atoms with E-state index in [4.69, 9.17) is 5.11 Å². The molecule has 29 heavy (non-hydrogen) atoms. The lowest BCUT2D eigenvalue weighted by Crippen LogP contribution is -2.34. The molecule has 0 saturated carbocycles. The van der Waals surface area contributed by atoms with Crippen molar-refractivity contribution < 1.29 is 14.7 Å². The van der Waals surface area contributed by atoms with Crippen molar-refractivity contribution in [3.8, 4) is 11.3 Å². The van der Waals surface area contributed by atoms with Crippen molar-refractivity contribution in [1.82, 2.24) is 15.2 Å². The normalized spacial score (nSPS) is 12.9. The average molecular weight is 387 g/mol. The molecule has 2 amide bonds. The first-order chi connectivity index (χ1) is 14.1. The Labute approximate surface area is 168 Å². The Morgan fingerprint density at radius 1 is 1.21 bits per heavy atom. The molecule has 2 heterocycles. The molecule has 1 aliphatic rings. The van der Waals surface area contributed by atoms with Gasteiger partial charge < -0.3 is 15.3 Å². The number of nitrogens with zero attached hydrogens (tertiary/aromatic N) is 2. The van der Waals surface area contributed by atoms with Crippen LogP contribution in [-0.2, 0) is 11.3 Å². The molecule has 0 radical (unpaired) electrons. The number of carbonyl (C=O) groups is 2. The van der Waals surface area contributed by atoms with Crippen LogP contribution in [0.15, 0.2) is 66.9 Å². The van der Waals surface area contributed by atoms with Crippen molar-refractivity contribution in [3.63, 3.8) is 0 Å². The molecular weight excluding hydrogens is 366 g/mol. The molecule has 0 saturated heterocycles. The van der Waals surface area contributed by atoms with Crippen molar-refractivity contribution in [2.75, 3.05) is 19.7 Å². The first-order valence-electron chi connectivity index (χ1n) is 9.41. The fourth-order valence-electron chi connectivity index (χ4n) is 3.60. The number of aliphatic hydroxyl groups excluding tert-OH is 1. The summed E-state index contributed by atoms with van der Waals surface area (Å²) in [6.45, 7) is 4.37. The van der Waals surface area contributed by atoms with Crippen LogP contribution in [0.2, 0.25) is 0 Å². The van der Waals surface area contributed by atoms with Gasteiger partial charge in [-0.05, 0) is 40.6 Å². The monoisotopic (exact) mass is 387 g/mol. The minimum Gasteiger partial charge on any atom is -0.395 e. The van der Waals surface area contributed by atoms with Crippen molar-refractivity contribution in [3.05, 3.63) is 78.0 Å². The number of benzene rings is 2. The minimum atomic E-state index is -0.356. The molecule has 0 aliphatic carbocycles. The highest BCUT2D eigenvalue weighted by Crippen LogP contribution is 2.33. The van der Waals surface area contributed by atoms with Gasteiger partial charge in [-0.25, -0.2) is 0 Å². The molecule has 2 N–H and O–H groups in total. The number of carbonyl (C=O) groups excluding carboxylic acids is 2. The molecule has 1 aromatic heterocycles. The number of hydrogen-bond donors (Lipinski definition) is 2. The summed E-state index contributed by atoms with van der Waals surface area (Å²) in [4.78, 5) is 30.9. The standard InChI is InChI=1S/C23H21N3O3/c1-15(22(28)25-10-11-27)13-26-14-20-18(23(26)29)8-7-16-5-6-17(12-19(16)20)21-4-2-3-9-24-21/h2-9,12,27H,1,10-11,13-14H2,(H,25,28). The summed E-state index contributed by atoms with van der Waals surface area (Å²) in [6, 6.07) is 15.7. The van der Waals surface area contributed by atoms with Gasteiger partial charge in [-0.15, -0.1) is 0 Å². The Kier molecular flexibility index (Phi) is 5.10. The summed E-state index contributed by atoms with van der Waals surface area (Å²) < 4.78 is 0. The van der Waals surface area contributed by atoms with Crippen LogP contribution in [0.1, 0.15) is 15.9 Å². The minimum absolute atomic E-state index is 0.110. The van der Waals surface area contributed by atoms with Crippen LogP contribution in [-0.4, -0.2) is 46.5 Å². The van der Waals surface area contributed by atoms with Gasteiger partial charge in [-0.3, -0.25) is 14.6 Å². The van der Waals surface area contributed by atoms with Crippen LogP contribution in [0, 0.1) is 0 Å². The van der Waals surface area contributed by atoms with Gasteiger partial charge in [-0.1, -0.05) is 30.8 Å². The quantitative estimate of drug-likeness (QED) is 0.637. The first-order valence-corrected chi connectivity index (χ1v) is 9.41. The Hall–Kier alpha value is -3.51. The summed E-state index contributed by atoms with van der Waals surface area (Å²) >= 11 is 0. The van der Waals surface area contributed by atoms with Crippen LogP contribution < -0.4 is 5.32 Å². The molecule has 0 bridgehead atoms. The van der Waals surface area contributed by atoms with Crippen molar-refractivity contribution >= 4 is 22.6 Å². The summed E-state index contributed by atoms with van der Waals surface area (Å²) in [5.74, 6) is -0.466. The van der Waals surface area contributed by atoms with Crippen molar-refractivity contribution in [2.24, 2.45) is 0 Å². The van der Waals surface area contributed by atoms with Gasteiger partial charge in [0.25, 0.3) is 5.91 Å². The molecule has 0 spiro atoms. The predicted octanol–water partition coefficient (Wildman–Crippen LogP) is 2.52. The fraction of sp³-hybridized carbons (Fsp3) is 0.174. The summed E-state index contributed by atoms with van der Waals surface area (Å²) in [6.07, 6.45) is 1.76. The number of rotatable bonds is 6. The molecule has 0 unspecified atom stereocenters. The summed E-state index contributed by atoms with van der Waals surface area (Å²) in [5, 5.41) is 13.5. The van der Waals surface area contributed by atoms with Gasteiger partial charge in [0, 0.05) is 36.0 Å². The van der Waals surface area contributed by atoms with E-state index in [0.29, 0.717) is 12.1 Å². The Morgan fingerprint density at radius 3 is 2.79 bits per heavy atom. The highest BCUT2D eigenvalue weighted by molar-refractivity contribution is 6.05. The van der Waals surface area contributed by atoms with E-state index in [1.165, 1.54) is 0 Å². The zero-order chi connectivity index (χ0) is 20.4. The van der Waals surface area contributed by atoms with Gasteiger partial charge in [0.2, 0.25) is 5.91 Å². The van der Waals surface area contributed by atoms with E-state index in [0.717, 1.165) is 27.6 Å². The molecule has 6 nitrogen and oxygen atoms in total. The van der Waals surface area contributed by atoms with Gasteiger partial charge in [0.05, 0.1) is 18.8 Å². The van der Waals surface area contributed by atoms with E-state index in [2.05, 4.69) is 22.9 Å². The molecule has 0 fully saturated rings. The maximum atomic E-state index is 12.9. The first kappa shape index (κ1) is 18.8. The lowest BCUT2D eigenvalue weighted by Gasteiger charge is -2.17. The highest BCUT2D eigenvalue weighted by Gasteiger charge is 2.30. The smallest absolute Gasteiger partial charge is 0.254 e. The molecule has 2 aromatic carbocycles. The number of aliphatic hydroxyl groups is 1. The lowest BCUT2D eigenvalue weighted by molar-refractivity contribution is -0.117. The second-order valence-corrected chi connectivity index (χ2v) is 6.99. The second-order valence-electron chi connectivity index (χ2n) is 6.99. The maximum Gasteiger partial charge on any atom is 0.254 e. The highest BCUT2D eigenvalue weighted by atomic mass is 16.3. The Morgan fingerprint density at radius 2 is 2.03 bits per heavy atom. The number of fused-ring (bicyclic) bond motifs is 3. The number of pyridine rings is 1. The maximum absolute atomic E-state index is 12.9. The van der Waals surface area contributed by atoms with Crippen molar-refractivity contribution in [2.45, 2.75) is 6.54 Å². The molecule has 1 aliphatic heterocycles. The largest absolute Gasteiger partial charge is 0.395 e. The average Bonchev–Trinajstić information content (AvgIpc) is 3.08. The van der Waals surface area contributed by atoms with E-state index >= 15 is 0 Å². The molecular formula is C23H21N3O3. The van der Waals surface area contributed by atoms with E-state index in [9.17, 15) is 9.59 Å². The van der Waals surface area contributed by atoms with E-state index in [1.54, 1.807) is 11.1 Å². The number of amides is 2. The van der Waals surface area contributed by atoms with Gasteiger partial charge >= 0.3 is 0 Å². The topological polar surface area (TPSA) is 82.5 Å². The second kappa shape index (κ2) is 7.85. The van der Waals surface area contributed by atoms with E-state index < -0.39 is 0 Å². The molecule has 6 heteroatoms. The van der Waals surface area contributed by atoms with Crippen LogP contribution in [0.25, 0.3) is 22.0 Å². The lowest BCUT2D eigenvalue weighted by atomic mass is 9.98. The SMILES string of the molecule is C=C(CN1Cc2c(ccc3ccc(-c4ccccn4)cc23)C1=O)C(=O)NCCO. The van der Waals surface area contributed by atoms with Gasteiger partial charge in [0.1, 0.15) is 0 Å². The summed E-state index contributed by atoms with van der Waals surface area (Å²) in [5.41, 5.74) is 3.76. The van der Waals surface area contributed by atoms with Gasteiger partial charge in [0.15, 0.2) is 0 Å². The van der Waals surface area contributed by atoms with Crippen LogP contribution in [0.3, 0.4) is 0 Å². The third kappa shape index (κ3) is 3.62. The molecule has 0 atom stereocenters. The third-order valence-corrected chi connectivity index (χ3v) is 5.06. The molecule has 4 rings (SSSR count). The fourth-order valence-corrected chi connectivity index (χ4v) is 3.60. The zero-order valence-corrected chi connectivity index (χ0v) is 15.9.